The monoisotopic (exact) mass is 323 g/mol. The predicted molar refractivity (Wildman–Crippen MR) is 85.8 cm³/mol. The summed E-state index contributed by atoms with van der Waals surface area (Å²) in [4.78, 5) is 12.1. The molecule has 0 saturated carbocycles. The Balaban J connectivity index is 1.89. The normalized spacial score (nSPS) is 19.6. The van der Waals surface area contributed by atoms with E-state index in [0.717, 1.165) is 5.57 Å². The number of hydrogen-bond acceptors (Lipinski definition) is 4. The Morgan fingerprint density at radius 3 is 2.86 bits per heavy atom. The maximum atomic E-state index is 12.1. The van der Waals surface area contributed by atoms with Gasteiger partial charge in [-0.05, 0) is 43.0 Å². The lowest BCUT2D eigenvalue weighted by Gasteiger charge is -2.11. The number of carbonyl (C=O) groups excluding carboxylic acids is 1. The Kier molecular flexibility index (Phi) is 5.24. The third-order valence-corrected chi connectivity index (χ3v) is 5.30. The quantitative estimate of drug-likeness (QED) is 0.810. The minimum absolute atomic E-state index is 0.0109. The van der Waals surface area contributed by atoms with Crippen molar-refractivity contribution in [3.05, 3.63) is 42.0 Å². The molecule has 1 atom stereocenters. The first kappa shape index (κ1) is 16.5. The number of nitrogens with one attached hydrogen (secondary N) is 1. The van der Waals surface area contributed by atoms with E-state index >= 15 is 0 Å². The lowest BCUT2D eigenvalue weighted by molar-refractivity contribution is 0.0948. The molecule has 22 heavy (non-hydrogen) atoms. The second kappa shape index (κ2) is 6.96. The van der Waals surface area contributed by atoms with Crippen LogP contribution in [0.25, 0.3) is 0 Å². The van der Waals surface area contributed by atoms with Gasteiger partial charge in [0.2, 0.25) is 0 Å². The predicted octanol–water partition coefficient (Wildman–Crippen LogP) is 1.81. The summed E-state index contributed by atoms with van der Waals surface area (Å²) in [5.74, 6) is 0.785. The summed E-state index contributed by atoms with van der Waals surface area (Å²) in [5.41, 5.74) is 1.40. The Bertz CT molecular complexity index is 666. The van der Waals surface area contributed by atoms with Crippen LogP contribution in [0.1, 0.15) is 23.7 Å². The molecule has 1 aromatic rings. The van der Waals surface area contributed by atoms with Gasteiger partial charge in [-0.3, -0.25) is 4.79 Å². The molecule has 1 aliphatic heterocycles. The fraction of sp³-hybridized carbons (Fsp3) is 0.438. The lowest BCUT2D eigenvalue weighted by atomic mass is 10.1. The van der Waals surface area contributed by atoms with Crippen LogP contribution in [0.4, 0.5) is 0 Å². The van der Waals surface area contributed by atoms with E-state index in [1.807, 2.05) is 6.92 Å². The lowest BCUT2D eigenvalue weighted by Crippen LogP contribution is -2.29. The van der Waals surface area contributed by atoms with Crippen LogP contribution in [0.15, 0.2) is 36.4 Å². The van der Waals surface area contributed by atoms with Crippen molar-refractivity contribution in [2.75, 3.05) is 24.7 Å². The molecule has 6 heteroatoms. The first-order valence-electron chi connectivity index (χ1n) is 7.21. The van der Waals surface area contributed by atoms with E-state index in [9.17, 15) is 13.2 Å². The maximum absolute atomic E-state index is 12.1. The molecule has 1 aliphatic rings. The number of hydrogen-bond donors (Lipinski definition) is 1. The van der Waals surface area contributed by atoms with Crippen LogP contribution in [0.2, 0.25) is 0 Å². The first-order chi connectivity index (χ1) is 10.4. The molecule has 1 heterocycles. The van der Waals surface area contributed by atoms with Gasteiger partial charge in [0, 0.05) is 12.1 Å². The highest BCUT2D eigenvalue weighted by Gasteiger charge is 2.27. The molecule has 2 rings (SSSR count). The molecular weight excluding hydrogens is 302 g/mol. The van der Waals surface area contributed by atoms with Crippen molar-refractivity contribution in [2.45, 2.75) is 13.3 Å². The zero-order valence-electron chi connectivity index (χ0n) is 12.7. The smallest absolute Gasteiger partial charge is 0.251 e. The number of sulfone groups is 1. The molecule has 0 aromatic heterocycles. The summed E-state index contributed by atoms with van der Waals surface area (Å²) in [6.45, 7) is 6.42. The first-order valence-corrected chi connectivity index (χ1v) is 9.04. The molecule has 5 nitrogen and oxygen atoms in total. The van der Waals surface area contributed by atoms with Crippen LogP contribution in [0.3, 0.4) is 0 Å². The topological polar surface area (TPSA) is 72.5 Å². The van der Waals surface area contributed by atoms with Gasteiger partial charge < -0.3 is 10.1 Å². The zero-order chi connectivity index (χ0) is 16.2. The van der Waals surface area contributed by atoms with Crippen LogP contribution >= 0.6 is 0 Å². The zero-order valence-corrected chi connectivity index (χ0v) is 13.5. The van der Waals surface area contributed by atoms with Crippen LogP contribution in [-0.4, -0.2) is 39.0 Å². The third-order valence-electron chi connectivity index (χ3n) is 3.46. The summed E-state index contributed by atoms with van der Waals surface area (Å²) in [6, 6.07) is 6.91. The molecule has 120 valence electrons. The average molecular weight is 323 g/mol. The second-order valence-corrected chi connectivity index (χ2v) is 7.98. The molecule has 0 radical (unpaired) electrons. The van der Waals surface area contributed by atoms with Crippen molar-refractivity contribution in [3.8, 4) is 5.75 Å². The molecule has 0 spiro atoms. The van der Waals surface area contributed by atoms with E-state index in [2.05, 4.69) is 11.9 Å². The number of benzene rings is 1. The van der Waals surface area contributed by atoms with E-state index in [4.69, 9.17) is 4.74 Å². The molecule has 1 fully saturated rings. The van der Waals surface area contributed by atoms with Crippen LogP contribution in [0, 0.1) is 5.92 Å². The molecule has 0 bridgehead atoms. The van der Waals surface area contributed by atoms with Crippen LogP contribution < -0.4 is 10.1 Å². The highest BCUT2D eigenvalue weighted by atomic mass is 32.2. The van der Waals surface area contributed by atoms with E-state index in [0.29, 0.717) is 30.9 Å². The Hall–Kier alpha value is -1.82. The fourth-order valence-electron chi connectivity index (χ4n) is 2.31. The van der Waals surface area contributed by atoms with Crippen molar-refractivity contribution in [1.82, 2.24) is 5.32 Å². The minimum atomic E-state index is -2.91. The molecule has 1 amide bonds. The molecule has 1 aromatic carbocycles. The standard InChI is InChI=1S/C16H21NO4S/c1-12(2)10-21-15-5-3-4-14(8-15)16(18)17-9-13-6-7-22(19,20)11-13/h3-5,8,13H,1,6-7,9-11H2,2H3,(H,17,18)/t13-/m0/s1. The molecule has 1 N–H and O–H groups in total. The van der Waals surface area contributed by atoms with Gasteiger partial charge in [-0.25, -0.2) is 8.42 Å². The average Bonchev–Trinajstić information content (AvgIpc) is 2.82. The van der Waals surface area contributed by atoms with Crippen molar-refractivity contribution in [1.29, 1.82) is 0 Å². The van der Waals surface area contributed by atoms with Gasteiger partial charge in [0.25, 0.3) is 5.91 Å². The van der Waals surface area contributed by atoms with Crippen molar-refractivity contribution >= 4 is 15.7 Å². The Morgan fingerprint density at radius 2 is 2.23 bits per heavy atom. The second-order valence-electron chi connectivity index (χ2n) is 5.75. The van der Waals surface area contributed by atoms with Crippen molar-refractivity contribution in [3.63, 3.8) is 0 Å². The molecule has 0 aliphatic carbocycles. The largest absolute Gasteiger partial charge is 0.489 e. The third kappa shape index (κ3) is 4.87. The molecule has 1 saturated heterocycles. The Morgan fingerprint density at radius 1 is 1.45 bits per heavy atom. The highest BCUT2D eigenvalue weighted by molar-refractivity contribution is 7.91. The van der Waals surface area contributed by atoms with E-state index < -0.39 is 9.84 Å². The number of rotatable bonds is 6. The summed E-state index contributed by atoms with van der Waals surface area (Å²) >= 11 is 0. The highest BCUT2D eigenvalue weighted by Crippen LogP contribution is 2.18. The van der Waals surface area contributed by atoms with Crippen molar-refractivity contribution < 1.29 is 17.9 Å². The van der Waals surface area contributed by atoms with Gasteiger partial charge in [-0.15, -0.1) is 0 Å². The summed E-state index contributed by atoms with van der Waals surface area (Å²) in [5, 5.41) is 2.79. The minimum Gasteiger partial charge on any atom is -0.489 e. The van der Waals surface area contributed by atoms with Gasteiger partial charge in [0.1, 0.15) is 12.4 Å². The summed E-state index contributed by atoms with van der Waals surface area (Å²) in [7, 11) is -2.91. The number of amides is 1. The fourth-order valence-corrected chi connectivity index (χ4v) is 4.17. The van der Waals surface area contributed by atoms with Gasteiger partial charge in [0.15, 0.2) is 9.84 Å². The molecular formula is C16H21NO4S. The SMILES string of the molecule is C=C(C)COc1cccc(C(=O)NC[C@@H]2CCS(=O)(=O)C2)c1. The van der Waals surface area contributed by atoms with Crippen LogP contribution in [0.5, 0.6) is 5.75 Å². The van der Waals surface area contributed by atoms with E-state index in [1.165, 1.54) is 0 Å². The summed E-state index contributed by atoms with van der Waals surface area (Å²) < 4.78 is 28.3. The van der Waals surface area contributed by atoms with E-state index in [1.54, 1.807) is 24.3 Å². The van der Waals surface area contributed by atoms with Crippen LogP contribution in [-0.2, 0) is 9.84 Å². The van der Waals surface area contributed by atoms with Crippen molar-refractivity contribution in [2.24, 2.45) is 5.92 Å². The Labute approximate surface area is 131 Å². The van der Waals surface area contributed by atoms with E-state index in [-0.39, 0.29) is 23.3 Å². The van der Waals surface area contributed by atoms with Gasteiger partial charge >= 0.3 is 0 Å². The van der Waals surface area contributed by atoms with Gasteiger partial charge in [-0.1, -0.05) is 12.6 Å². The maximum Gasteiger partial charge on any atom is 0.251 e. The summed E-state index contributed by atoms with van der Waals surface area (Å²) in [6.07, 6.45) is 0.615. The number of carbonyl (C=O) groups is 1. The van der Waals surface area contributed by atoms with Gasteiger partial charge in [0.05, 0.1) is 11.5 Å². The molecule has 0 unspecified atom stereocenters. The van der Waals surface area contributed by atoms with Gasteiger partial charge in [-0.2, -0.15) is 0 Å². The number of ether oxygens (including phenoxy) is 1.